The highest BCUT2D eigenvalue weighted by molar-refractivity contribution is 5.78. The lowest BCUT2D eigenvalue weighted by atomic mass is 10.0. The molecule has 2 aromatic rings. The number of hydrogen-bond acceptors (Lipinski definition) is 4. The Morgan fingerprint density at radius 2 is 2.05 bits per heavy atom. The van der Waals surface area contributed by atoms with Gasteiger partial charge in [0.1, 0.15) is 11.3 Å². The Kier molecular flexibility index (Phi) is 3.24. The van der Waals surface area contributed by atoms with E-state index in [1.54, 1.807) is 6.07 Å². The zero-order chi connectivity index (χ0) is 15.1. The van der Waals surface area contributed by atoms with E-state index < -0.39 is 0 Å². The maximum absolute atomic E-state index is 13.2. The summed E-state index contributed by atoms with van der Waals surface area (Å²) in [6.45, 7) is 2.51. The average Bonchev–Trinajstić information content (AvgIpc) is 3.13. The molecule has 0 bridgehead atoms. The van der Waals surface area contributed by atoms with Crippen molar-refractivity contribution < 1.29 is 13.6 Å². The number of rotatable bonds is 2. The maximum Gasteiger partial charge on any atom is 0.298 e. The molecule has 0 saturated carbocycles. The van der Waals surface area contributed by atoms with Crippen LogP contribution in [0.2, 0.25) is 0 Å². The van der Waals surface area contributed by atoms with E-state index >= 15 is 0 Å². The zero-order valence-electron chi connectivity index (χ0n) is 12.3. The minimum atomic E-state index is -0.318. The van der Waals surface area contributed by atoms with Crippen LogP contribution in [0.25, 0.3) is 11.1 Å². The minimum absolute atomic E-state index is 0.288. The molecule has 0 unspecified atom stereocenters. The third-order valence-electron chi connectivity index (χ3n) is 4.62. The second-order valence-electron chi connectivity index (χ2n) is 6.02. The summed E-state index contributed by atoms with van der Waals surface area (Å²) in [5.41, 5.74) is 1.15. The molecule has 3 heterocycles. The summed E-state index contributed by atoms with van der Waals surface area (Å²) in [5.74, 6) is -0.0303. The molecule has 2 aliphatic rings. The number of aromatic nitrogens is 1. The number of fused-ring (bicyclic) bond motifs is 1. The third kappa shape index (κ3) is 2.32. The Morgan fingerprint density at radius 3 is 2.77 bits per heavy atom. The fourth-order valence-corrected chi connectivity index (χ4v) is 3.45. The maximum atomic E-state index is 13.2. The Bertz CT molecular complexity index is 706. The topological polar surface area (TPSA) is 49.6 Å². The number of nitrogens with zero attached hydrogens (tertiary/aromatic N) is 3. The summed E-state index contributed by atoms with van der Waals surface area (Å²) in [7, 11) is 0. The van der Waals surface area contributed by atoms with Crippen molar-refractivity contribution in [3.05, 3.63) is 24.0 Å². The highest BCUT2D eigenvalue weighted by Gasteiger charge is 2.31. The number of likely N-dealkylation sites (tertiary alicyclic amines) is 1. The number of oxazole rings is 1. The Balaban J connectivity index is 1.47. The predicted octanol–water partition coefficient (Wildman–Crippen LogP) is 2.56. The lowest BCUT2D eigenvalue weighted by Gasteiger charge is -2.35. The standard InChI is InChI=1S/C16H18FN3O2/c17-11-3-4-13-14(10-11)22-16(18-13)19-8-5-12(6-9-19)20-7-1-2-15(20)21/h3-4,10,12H,1-2,5-9H2. The lowest BCUT2D eigenvalue weighted by molar-refractivity contribution is -0.130. The highest BCUT2D eigenvalue weighted by atomic mass is 19.1. The van der Waals surface area contributed by atoms with Crippen LogP contribution < -0.4 is 4.90 Å². The van der Waals surface area contributed by atoms with E-state index in [4.69, 9.17) is 4.42 Å². The lowest BCUT2D eigenvalue weighted by Crippen LogP contribution is -2.45. The summed E-state index contributed by atoms with van der Waals surface area (Å²) >= 11 is 0. The van der Waals surface area contributed by atoms with Crippen LogP contribution in [0.3, 0.4) is 0 Å². The molecule has 5 nitrogen and oxygen atoms in total. The molecule has 0 spiro atoms. The smallest absolute Gasteiger partial charge is 0.298 e. The van der Waals surface area contributed by atoms with Crippen molar-refractivity contribution in [2.45, 2.75) is 31.7 Å². The van der Waals surface area contributed by atoms with E-state index in [9.17, 15) is 9.18 Å². The van der Waals surface area contributed by atoms with Crippen LogP contribution in [-0.4, -0.2) is 41.5 Å². The molecule has 1 aromatic carbocycles. The fourth-order valence-electron chi connectivity index (χ4n) is 3.45. The first-order chi connectivity index (χ1) is 10.7. The summed E-state index contributed by atoms with van der Waals surface area (Å²) in [5, 5.41) is 0. The van der Waals surface area contributed by atoms with Gasteiger partial charge in [-0.3, -0.25) is 4.79 Å². The summed E-state index contributed by atoms with van der Waals surface area (Å²) in [6, 6.07) is 5.27. The molecule has 0 N–H and O–H groups in total. The molecule has 0 aliphatic carbocycles. The van der Waals surface area contributed by atoms with Gasteiger partial charge in [-0.2, -0.15) is 4.98 Å². The van der Waals surface area contributed by atoms with Crippen LogP contribution in [0.15, 0.2) is 22.6 Å². The van der Waals surface area contributed by atoms with Crippen LogP contribution in [0.1, 0.15) is 25.7 Å². The van der Waals surface area contributed by atoms with E-state index in [-0.39, 0.29) is 11.7 Å². The van der Waals surface area contributed by atoms with E-state index in [2.05, 4.69) is 9.88 Å². The predicted molar refractivity (Wildman–Crippen MR) is 80.1 cm³/mol. The normalized spacial score (nSPS) is 20.3. The molecule has 1 amide bonds. The van der Waals surface area contributed by atoms with Crippen molar-refractivity contribution in [1.29, 1.82) is 0 Å². The molecular weight excluding hydrogens is 285 g/mol. The van der Waals surface area contributed by atoms with Gasteiger partial charge < -0.3 is 14.2 Å². The zero-order valence-corrected chi connectivity index (χ0v) is 12.3. The van der Waals surface area contributed by atoms with Gasteiger partial charge in [-0.05, 0) is 31.4 Å². The molecule has 1 aromatic heterocycles. The molecule has 6 heteroatoms. The van der Waals surface area contributed by atoms with Gasteiger partial charge in [0.05, 0.1) is 0 Å². The van der Waals surface area contributed by atoms with Gasteiger partial charge >= 0.3 is 0 Å². The highest BCUT2D eigenvalue weighted by Crippen LogP contribution is 2.27. The first-order valence-corrected chi connectivity index (χ1v) is 7.81. The van der Waals surface area contributed by atoms with E-state index in [1.807, 2.05) is 4.90 Å². The van der Waals surface area contributed by atoms with Crippen LogP contribution in [-0.2, 0) is 4.79 Å². The number of piperidine rings is 1. The van der Waals surface area contributed by atoms with Gasteiger partial charge in [-0.25, -0.2) is 4.39 Å². The van der Waals surface area contributed by atoms with Crippen molar-refractivity contribution in [3.8, 4) is 0 Å². The van der Waals surface area contributed by atoms with E-state index in [0.29, 0.717) is 29.6 Å². The Hall–Kier alpha value is -2.11. The van der Waals surface area contributed by atoms with E-state index in [1.165, 1.54) is 12.1 Å². The fraction of sp³-hybridized carbons (Fsp3) is 0.500. The van der Waals surface area contributed by atoms with Crippen LogP contribution in [0.4, 0.5) is 10.4 Å². The van der Waals surface area contributed by atoms with Crippen molar-refractivity contribution in [3.63, 3.8) is 0 Å². The monoisotopic (exact) mass is 303 g/mol. The second kappa shape index (κ2) is 5.26. The molecule has 2 aliphatic heterocycles. The van der Waals surface area contributed by atoms with Crippen molar-refractivity contribution in [1.82, 2.24) is 9.88 Å². The molecule has 2 fully saturated rings. The van der Waals surface area contributed by atoms with Crippen molar-refractivity contribution in [2.75, 3.05) is 24.5 Å². The Morgan fingerprint density at radius 1 is 1.23 bits per heavy atom. The molecule has 2 saturated heterocycles. The minimum Gasteiger partial charge on any atom is -0.423 e. The van der Waals surface area contributed by atoms with Crippen LogP contribution >= 0.6 is 0 Å². The first-order valence-electron chi connectivity index (χ1n) is 7.81. The molecular formula is C16H18FN3O2. The van der Waals surface area contributed by atoms with Gasteiger partial charge in [0.25, 0.3) is 6.01 Å². The number of benzene rings is 1. The van der Waals surface area contributed by atoms with E-state index in [0.717, 1.165) is 38.9 Å². The van der Waals surface area contributed by atoms with Gasteiger partial charge in [-0.15, -0.1) is 0 Å². The van der Waals surface area contributed by atoms with Crippen molar-refractivity contribution >= 4 is 23.0 Å². The van der Waals surface area contributed by atoms with Gasteiger partial charge in [0.2, 0.25) is 5.91 Å². The average molecular weight is 303 g/mol. The number of hydrogen-bond donors (Lipinski definition) is 0. The summed E-state index contributed by atoms with van der Waals surface area (Å²) in [4.78, 5) is 20.4. The van der Waals surface area contributed by atoms with Gasteiger partial charge in [0, 0.05) is 38.2 Å². The van der Waals surface area contributed by atoms with Crippen molar-refractivity contribution in [2.24, 2.45) is 0 Å². The number of amides is 1. The second-order valence-corrected chi connectivity index (χ2v) is 6.02. The summed E-state index contributed by atoms with van der Waals surface area (Å²) < 4.78 is 18.9. The van der Waals surface area contributed by atoms with Crippen LogP contribution in [0.5, 0.6) is 0 Å². The first kappa shape index (κ1) is 13.5. The molecule has 22 heavy (non-hydrogen) atoms. The molecule has 0 radical (unpaired) electrons. The molecule has 0 atom stereocenters. The quantitative estimate of drug-likeness (QED) is 0.855. The summed E-state index contributed by atoms with van der Waals surface area (Å²) in [6.07, 6.45) is 3.53. The van der Waals surface area contributed by atoms with Gasteiger partial charge in [0.15, 0.2) is 5.58 Å². The molecule has 116 valence electrons. The SMILES string of the molecule is O=C1CCCN1C1CCN(c2nc3ccc(F)cc3o2)CC1. The number of halogens is 1. The molecule has 4 rings (SSSR count). The van der Waals surface area contributed by atoms with Crippen LogP contribution in [0, 0.1) is 5.82 Å². The number of carbonyl (C=O) groups excluding carboxylic acids is 1. The number of carbonyl (C=O) groups is 1. The number of anilines is 1. The van der Waals surface area contributed by atoms with Gasteiger partial charge in [-0.1, -0.05) is 0 Å². The largest absolute Gasteiger partial charge is 0.423 e. The third-order valence-corrected chi connectivity index (χ3v) is 4.62. The Labute approximate surface area is 127 Å².